The first-order valence-corrected chi connectivity index (χ1v) is 6.83. The van der Waals surface area contributed by atoms with E-state index in [1.54, 1.807) is 18.2 Å². The van der Waals surface area contributed by atoms with E-state index in [0.29, 0.717) is 22.2 Å². The van der Waals surface area contributed by atoms with Gasteiger partial charge in [-0.05, 0) is 56.1 Å². The number of ether oxygens (including phenoxy) is 1. The summed E-state index contributed by atoms with van der Waals surface area (Å²) in [5.41, 5.74) is 1.72. The van der Waals surface area contributed by atoms with E-state index in [2.05, 4.69) is 10.6 Å². The second-order valence-electron chi connectivity index (χ2n) is 4.73. The largest absolute Gasteiger partial charge is 0.449 e. The van der Waals surface area contributed by atoms with Crippen LogP contribution < -0.4 is 15.4 Å². The van der Waals surface area contributed by atoms with Gasteiger partial charge in [0.2, 0.25) is 0 Å². The molecule has 2 aliphatic heterocycles. The third-order valence-corrected chi connectivity index (χ3v) is 3.60. The summed E-state index contributed by atoms with van der Waals surface area (Å²) in [6.45, 7) is 1.88. The molecule has 4 nitrogen and oxygen atoms in total. The van der Waals surface area contributed by atoms with Gasteiger partial charge in [-0.3, -0.25) is 4.79 Å². The van der Waals surface area contributed by atoms with E-state index in [1.165, 1.54) is 0 Å². The summed E-state index contributed by atoms with van der Waals surface area (Å²) < 4.78 is 5.78. The van der Waals surface area contributed by atoms with Crippen molar-refractivity contribution in [3.05, 3.63) is 34.6 Å². The Morgan fingerprint density at radius 2 is 2.05 bits per heavy atom. The first-order valence-electron chi connectivity index (χ1n) is 6.45. The Labute approximate surface area is 128 Å². The van der Waals surface area contributed by atoms with Gasteiger partial charge < -0.3 is 15.4 Å². The van der Waals surface area contributed by atoms with Crippen LogP contribution in [0, 0.1) is 0 Å². The van der Waals surface area contributed by atoms with Gasteiger partial charge in [0.15, 0.2) is 11.5 Å². The summed E-state index contributed by atoms with van der Waals surface area (Å²) >= 11 is 5.90. The molecule has 0 radical (unpaired) electrons. The highest BCUT2D eigenvalue weighted by molar-refractivity contribution is 6.31. The number of anilines is 1. The number of hydrogen-bond donors (Lipinski definition) is 2. The predicted molar refractivity (Wildman–Crippen MR) is 81.7 cm³/mol. The minimum Gasteiger partial charge on any atom is -0.449 e. The number of hydrogen-bond acceptors (Lipinski definition) is 3. The summed E-state index contributed by atoms with van der Waals surface area (Å²) in [4.78, 5) is 12.1. The highest BCUT2D eigenvalue weighted by atomic mass is 35.5. The Bertz CT molecular complexity index is 548. The molecule has 2 N–H and O–H groups in total. The lowest BCUT2D eigenvalue weighted by Crippen LogP contribution is -2.25. The van der Waals surface area contributed by atoms with Crippen LogP contribution in [0.1, 0.15) is 19.3 Å². The van der Waals surface area contributed by atoms with Crippen LogP contribution in [-0.4, -0.2) is 19.0 Å². The molecule has 3 rings (SSSR count). The van der Waals surface area contributed by atoms with E-state index >= 15 is 0 Å². The first-order chi connectivity index (χ1) is 9.24. The van der Waals surface area contributed by atoms with Crippen molar-refractivity contribution in [1.82, 2.24) is 5.32 Å². The molecule has 1 fully saturated rings. The summed E-state index contributed by atoms with van der Waals surface area (Å²) in [6.07, 6.45) is 2.79. The predicted octanol–water partition coefficient (Wildman–Crippen LogP) is 3.12. The molecule has 0 spiro atoms. The Balaban J connectivity index is 0.00000147. The maximum atomic E-state index is 12.1. The molecule has 0 aliphatic carbocycles. The van der Waals surface area contributed by atoms with Crippen LogP contribution in [0.25, 0.3) is 0 Å². The fourth-order valence-electron chi connectivity index (χ4n) is 2.40. The molecule has 6 heteroatoms. The fraction of sp³-hybridized carbons (Fsp3) is 0.357. The maximum Gasteiger partial charge on any atom is 0.291 e. The SMILES string of the molecule is Cl.O=C1Nc2cc(Cl)ccc2O/C1=C1/CCCNCC1. The van der Waals surface area contributed by atoms with Gasteiger partial charge in [0.25, 0.3) is 5.91 Å². The van der Waals surface area contributed by atoms with Crippen LogP contribution in [0.2, 0.25) is 5.02 Å². The number of rotatable bonds is 0. The lowest BCUT2D eigenvalue weighted by atomic mass is 10.1. The number of nitrogens with one attached hydrogen (secondary N) is 2. The average molecular weight is 315 g/mol. The van der Waals surface area contributed by atoms with Crippen molar-refractivity contribution in [2.75, 3.05) is 18.4 Å². The van der Waals surface area contributed by atoms with E-state index in [-0.39, 0.29) is 18.3 Å². The van der Waals surface area contributed by atoms with E-state index < -0.39 is 0 Å². The molecule has 0 atom stereocenters. The number of fused-ring (bicyclic) bond motifs is 1. The van der Waals surface area contributed by atoms with Gasteiger partial charge in [-0.15, -0.1) is 12.4 Å². The van der Waals surface area contributed by atoms with Crippen LogP contribution in [-0.2, 0) is 4.79 Å². The molecule has 1 aromatic rings. The number of carbonyl (C=O) groups is 1. The maximum absolute atomic E-state index is 12.1. The molecule has 108 valence electrons. The molecule has 20 heavy (non-hydrogen) atoms. The number of carbonyl (C=O) groups excluding carboxylic acids is 1. The van der Waals surface area contributed by atoms with E-state index in [1.807, 2.05) is 0 Å². The zero-order chi connectivity index (χ0) is 13.2. The van der Waals surface area contributed by atoms with Gasteiger partial charge in [-0.25, -0.2) is 0 Å². The molecular weight excluding hydrogens is 299 g/mol. The molecule has 2 heterocycles. The molecule has 0 aromatic heterocycles. The summed E-state index contributed by atoms with van der Waals surface area (Å²) in [7, 11) is 0. The first kappa shape index (κ1) is 15.2. The van der Waals surface area contributed by atoms with Gasteiger partial charge in [0.05, 0.1) is 5.69 Å². The molecule has 0 unspecified atom stereocenters. The molecular formula is C14H16Cl2N2O2. The minimum atomic E-state index is -0.174. The van der Waals surface area contributed by atoms with Crippen molar-refractivity contribution in [2.45, 2.75) is 19.3 Å². The number of amides is 1. The summed E-state index contributed by atoms with van der Waals surface area (Å²) in [5.74, 6) is 0.939. The zero-order valence-electron chi connectivity index (χ0n) is 10.9. The van der Waals surface area contributed by atoms with E-state index in [9.17, 15) is 4.79 Å². The summed E-state index contributed by atoms with van der Waals surface area (Å²) in [6, 6.07) is 5.24. The van der Waals surface area contributed by atoms with Gasteiger partial charge in [-0.1, -0.05) is 11.6 Å². The third-order valence-electron chi connectivity index (χ3n) is 3.36. The van der Waals surface area contributed by atoms with Crippen LogP contribution in [0.5, 0.6) is 5.75 Å². The highest BCUT2D eigenvalue weighted by Gasteiger charge is 2.25. The molecule has 2 aliphatic rings. The Morgan fingerprint density at radius 3 is 2.90 bits per heavy atom. The van der Waals surface area contributed by atoms with Crippen molar-refractivity contribution in [3.63, 3.8) is 0 Å². The molecule has 0 saturated carbocycles. The van der Waals surface area contributed by atoms with Gasteiger partial charge in [0, 0.05) is 5.02 Å². The normalized spacial score (nSPS) is 21.9. The van der Waals surface area contributed by atoms with E-state index in [0.717, 1.165) is 37.9 Å². The monoisotopic (exact) mass is 314 g/mol. The standard InChI is InChI=1S/C14H15ClN2O2.ClH/c15-10-3-4-12-11(8-10)17-14(18)13(19-12)9-2-1-6-16-7-5-9;/h3-4,8,16H,1-2,5-7H2,(H,17,18);1H/b13-9-;. The number of halogens is 2. The topological polar surface area (TPSA) is 50.4 Å². The van der Waals surface area contributed by atoms with Crippen molar-refractivity contribution in [2.24, 2.45) is 0 Å². The lowest BCUT2D eigenvalue weighted by Gasteiger charge is -2.22. The van der Waals surface area contributed by atoms with Crippen molar-refractivity contribution >= 4 is 35.6 Å². The van der Waals surface area contributed by atoms with Crippen molar-refractivity contribution < 1.29 is 9.53 Å². The average Bonchev–Trinajstić information content (AvgIpc) is 2.66. The number of benzene rings is 1. The zero-order valence-corrected chi connectivity index (χ0v) is 12.4. The van der Waals surface area contributed by atoms with Gasteiger partial charge >= 0.3 is 0 Å². The second kappa shape index (κ2) is 6.48. The van der Waals surface area contributed by atoms with E-state index in [4.69, 9.17) is 16.3 Å². The Hall–Kier alpha value is -1.23. The Kier molecular flexibility index (Phi) is 4.91. The fourth-order valence-corrected chi connectivity index (χ4v) is 2.57. The van der Waals surface area contributed by atoms with Crippen molar-refractivity contribution in [3.8, 4) is 5.75 Å². The van der Waals surface area contributed by atoms with Gasteiger partial charge in [0.1, 0.15) is 0 Å². The van der Waals surface area contributed by atoms with Crippen LogP contribution in [0.3, 0.4) is 0 Å². The molecule has 1 amide bonds. The molecule has 1 aromatic carbocycles. The van der Waals surface area contributed by atoms with Crippen LogP contribution in [0.4, 0.5) is 5.69 Å². The van der Waals surface area contributed by atoms with Crippen LogP contribution in [0.15, 0.2) is 29.5 Å². The van der Waals surface area contributed by atoms with Crippen molar-refractivity contribution in [1.29, 1.82) is 0 Å². The second-order valence-corrected chi connectivity index (χ2v) is 5.17. The Morgan fingerprint density at radius 1 is 1.20 bits per heavy atom. The minimum absolute atomic E-state index is 0. The highest BCUT2D eigenvalue weighted by Crippen LogP contribution is 2.35. The van der Waals surface area contributed by atoms with Gasteiger partial charge in [-0.2, -0.15) is 0 Å². The molecule has 0 bridgehead atoms. The quantitative estimate of drug-likeness (QED) is 0.723. The summed E-state index contributed by atoms with van der Waals surface area (Å²) in [5, 5.41) is 6.74. The third kappa shape index (κ3) is 3.08. The smallest absolute Gasteiger partial charge is 0.291 e. The van der Waals surface area contributed by atoms with Crippen LogP contribution >= 0.6 is 24.0 Å². The molecule has 1 saturated heterocycles. The lowest BCUT2D eigenvalue weighted by molar-refractivity contribution is -0.115.